The molecule has 21 heavy (non-hydrogen) atoms. The molecular formula is C18H30BrNS. The highest BCUT2D eigenvalue weighted by Gasteiger charge is 2.27. The second kappa shape index (κ2) is 9.32. The van der Waals surface area contributed by atoms with Gasteiger partial charge in [-0.1, -0.05) is 39.5 Å². The first kappa shape index (κ1) is 17.5. The molecule has 1 N–H and O–H groups in total. The van der Waals surface area contributed by atoms with Crippen LogP contribution in [0.3, 0.4) is 0 Å². The molecule has 1 nitrogen and oxygen atoms in total. The van der Waals surface area contributed by atoms with E-state index in [2.05, 4.69) is 47.2 Å². The first-order valence-corrected chi connectivity index (χ1v) is 10.3. The first-order chi connectivity index (χ1) is 10.2. The van der Waals surface area contributed by atoms with Gasteiger partial charge in [-0.05, 0) is 72.1 Å². The van der Waals surface area contributed by atoms with Crippen LogP contribution in [0.2, 0.25) is 0 Å². The van der Waals surface area contributed by atoms with Crippen molar-refractivity contribution in [2.24, 2.45) is 11.8 Å². The van der Waals surface area contributed by atoms with E-state index in [9.17, 15) is 0 Å². The van der Waals surface area contributed by atoms with E-state index in [1.54, 1.807) is 0 Å². The van der Waals surface area contributed by atoms with Crippen LogP contribution in [0, 0.1) is 11.8 Å². The molecule has 1 fully saturated rings. The molecule has 1 saturated carbocycles. The van der Waals surface area contributed by atoms with Crippen LogP contribution in [0.25, 0.3) is 0 Å². The Bertz CT molecular complexity index is 396. The van der Waals surface area contributed by atoms with Gasteiger partial charge in [-0.25, -0.2) is 0 Å². The maximum atomic E-state index is 3.84. The summed E-state index contributed by atoms with van der Waals surface area (Å²) in [4.78, 5) is 1.52. The average Bonchev–Trinajstić information content (AvgIpc) is 2.90. The average molecular weight is 372 g/mol. The van der Waals surface area contributed by atoms with E-state index in [0.717, 1.165) is 18.4 Å². The third-order valence-electron chi connectivity index (χ3n) is 4.86. The van der Waals surface area contributed by atoms with Crippen molar-refractivity contribution in [2.45, 2.75) is 71.3 Å². The molecule has 120 valence electrons. The van der Waals surface area contributed by atoms with Crippen LogP contribution in [0.4, 0.5) is 0 Å². The molecule has 0 saturated heterocycles. The van der Waals surface area contributed by atoms with Gasteiger partial charge in [-0.2, -0.15) is 0 Å². The van der Waals surface area contributed by atoms with Gasteiger partial charge in [0.2, 0.25) is 0 Å². The van der Waals surface area contributed by atoms with E-state index >= 15 is 0 Å². The van der Waals surface area contributed by atoms with Crippen LogP contribution in [-0.2, 0) is 6.42 Å². The monoisotopic (exact) mass is 371 g/mol. The Labute approximate surface area is 143 Å². The standard InChI is InChI=1S/C18H30BrNS/c1-3-5-14-6-8-15(9-7-14)17(20-12-4-2)13-16-10-11-18(19)21-16/h10-11,14-15,17,20H,3-9,12-13H2,1-2H3. The molecule has 1 aromatic rings. The Hall–Kier alpha value is 0.140. The zero-order valence-corrected chi connectivity index (χ0v) is 15.9. The minimum atomic E-state index is 0.679. The van der Waals surface area contributed by atoms with Crippen molar-refractivity contribution < 1.29 is 0 Å². The molecule has 2 rings (SSSR count). The highest BCUT2D eigenvalue weighted by Crippen LogP contribution is 2.35. The molecule has 0 amide bonds. The minimum absolute atomic E-state index is 0.679. The first-order valence-electron chi connectivity index (χ1n) is 8.70. The van der Waals surface area contributed by atoms with Crippen LogP contribution in [-0.4, -0.2) is 12.6 Å². The lowest BCUT2D eigenvalue weighted by molar-refractivity contribution is 0.213. The molecule has 1 aliphatic carbocycles. The predicted molar refractivity (Wildman–Crippen MR) is 98.2 cm³/mol. The second-order valence-corrected chi connectivity index (χ2v) is 9.09. The predicted octanol–water partition coefficient (Wildman–Crippen LogP) is 6.03. The topological polar surface area (TPSA) is 12.0 Å². The summed E-state index contributed by atoms with van der Waals surface area (Å²) in [6, 6.07) is 5.16. The fourth-order valence-corrected chi connectivity index (χ4v) is 5.24. The van der Waals surface area contributed by atoms with Gasteiger partial charge in [0.15, 0.2) is 0 Å². The van der Waals surface area contributed by atoms with E-state index < -0.39 is 0 Å². The van der Waals surface area contributed by atoms with Crippen molar-refractivity contribution in [3.05, 3.63) is 20.8 Å². The Morgan fingerprint density at radius 2 is 1.95 bits per heavy atom. The van der Waals surface area contributed by atoms with Crippen molar-refractivity contribution in [2.75, 3.05) is 6.54 Å². The number of halogens is 1. The third-order valence-corrected chi connectivity index (χ3v) is 6.51. The molecule has 3 heteroatoms. The summed E-state index contributed by atoms with van der Waals surface area (Å²) >= 11 is 5.49. The second-order valence-electron chi connectivity index (χ2n) is 6.54. The summed E-state index contributed by atoms with van der Waals surface area (Å²) in [5.74, 6) is 1.89. The van der Waals surface area contributed by atoms with Gasteiger partial charge in [0.1, 0.15) is 0 Å². The van der Waals surface area contributed by atoms with Crippen LogP contribution >= 0.6 is 27.3 Å². The largest absolute Gasteiger partial charge is 0.313 e. The number of thiophene rings is 1. The van der Waals surface area contributed by atoms with Crippen LogP contribution in [0.5, 0.6) is 0 Å². The Morgan fingerprint density at radius 1 is 1.19 bits per heavy atom. The van der Waals surface area contributed by atoms with E-state index in [0.29, 0.717) is 6.04 Å². The Balaban J connectivity index is 1.90. The van der Waals surface area contributed by atoms with Crippen LogP contribution < -0.4 is 5.32 Å². The van der Waals surface area contributed by atoms with Gasteiger partial charge >= 0.3 is 0 Å². The lowest BCUT2D eigenvalue weighted by Gasteiger charge is -2.34. The summed E-state index contributed by atoms with van der Waals surface area (Å²) in [5.41, 5.74) is 0. The van der Waals surface area contributed by atoms with E-state index in [1.807, 2.05) is 11.3 Å². The molecule has 0 bridgehead atoms. The normalized spacial score (nSPS) is 24.1. The molecule has 0 radical (unpaired) electrons. The van der Waals surface area contributed by atoms with E-state index in [4.69, 9.17) is 0 Å². The summed E-state index contributed by atoms with van der Waals surface area (Å²) in [7, 11) is 0. The van der Waals surface area contributed by atoms with Gasteiger partial charge in [-0.15, -0.1) is 11.3 Å². The maximum absolute atomic E-state index is 3.84. The summed E-state index contributed by atoms with van der Waals surface area (Å²) in [6.45, 7) is 5.75. The van der Waals surface area contributed by atoms with Gasteiger partial charge in [0, 0.05) is 10.9 Å². The molecule has 1 atom stereocenters. The van der Waals surface area contributed by atoms with Gasteiger partial charge in [-0.3, -0.25) is 0 Å². The number of rotatable bonds is 8. The van der Waals surface area contributed by atoms with Crippen LogP contribution in [0.15, 0.2) is 15.9 Å². The zero-order chi connectivity index (χ0) is 15.1. The van der Waals surface area contributed by atoms with Crippen molar-refractivity contribution in [3.63, 3.8) is 0 Å². The molecule has 0 aromatic carbocycles. The summed E-state index contributed by atoms with van der Waals surface area (Å²) < 4.78 is 1.26. The molecule has 0 spiro atoms. The summed E-state index contributed by atoms with van der Waals surface area (Å²) in [6.07, 6.45) is 11.0. The smallest absolute Gasteiger partial charge is 0.0701 e. The fourth-order valence-electron chi connectivity index (χ4n) is 3.70. The van der Waals surface area contributed by atoms with Crippen molar-refractivity contribution >= 4 is 27.3 Å². The molecule has 1 aliphatic rings. The van der Waals surface area contributed by atoms with Crippen molar-refractivity contribution in [3.8, 4) is 0 Å². The molecule has 1 unspecified atom stereocenters. The van der Waals surface area contributed by atoms with Gasteiger partial charge in [0.25, 0.3) is 0 Å². The van der Waals surface area contributed by atoms with E-state index in [1.165, 1.54) is 60.0 Å². The number of hydrogen-bond donors (Lipinski definition) is 1. The van der Waals surface area contributed by atoms with E-state index in [-0.39, 0.29) is 0 Å². The molecule has 0 aliphatic heterocycles. The third kappa shape index (κ3) is 5.69. The molecular weight excluding hydrogens is 342 g/mol. The fraction of sp³-hybridized carbons (Fsp3) is 0.778. The lowest BCUT2D eigenvalue weighted by Crippen LogP contribution is -2.40. The Morgan fingerprint density at radius 3 is 2.52 bits per heavy atom. The molecule has 1 heterocycles. The number of hydrogen-bond acceptors (Lipinski definition) is 2. The van der Waals surface area contributed by atoms with Crippen molar-refractivity contribution in [1.29, 1.82) is 0 Å². The summed E-state index contributed by atoms with van der Waals surface area (Å²) in [5, 5.41) is 3.84. The lowest BCUT2D eigenvalue weighted by atomic mass is 9.76. The highest BCUT2D eigenvalue weighted by molar-refractivity contribution is 9.11. The van der Waals surface area contributed by atoms with Gasteiger partial charge in [0.05, 0.1) is 3.79 Å². The number of nitrogens with one attached hydrogen (secondary N) is 1. The molecule has 1 aromatic heterocycles. The SMILES string of the molecule is CCCNC(Cc1ccc(Br)s1)C1CCC(CCC)CC1. The van der Waals surface area contributed by atoms with Crippen LogP contribution in [0.1, 0.15) is 63.7 Å². The Kier molecular flexibility index (Phi) is 7.76. The maximum Gasteiger partial charge on any atom is 0.0701 e. The zero-order valence-electron chi connectivity index (χ0n) is 13.5. The minimum Gasteiger partial charge on any atom is -0.313 e. The highest BCUT2D eigenvalue weighted by atomic mass is 79.9. The quantitative estimate of drug-likeness (QED) is 0.588. The van der Waals surface area contributed by atoms with Crippen molar-refractivity contribution in [1.82, 2.24) is 5.32 Å². The van der Waals surface area contributed by atoms with Gasteiger partial charge < -0.3 is 5.32 Å².